The monoisotopic (exact) mass is 191 g/mol. The molecule has 74 valence electrons. The summed E-state index contributed by atoms with van der Waals surface area (Å²) in [6.45, 7) is 1.76. The van der Waals surface area contributed by atoms with Gasteiger partial charge in [0.1, 0.15) is 0 Å². The van der Waals surface area contributed by atoms with Gasteiger partial charge in [-0.2, -0.15) is 0 Å². The standard InChI is InChI=1S/C11H13NO2/c1-9(13)11(14)12-8-7-10-5-3-2-4-6-10/h2-6H,7-8H2,1H3,(H,12,14). The molecule has 0 spiro atoms. The highest BCUT2D eigenvalue weighted by molar-refractivity contribution is 6.35. The first kappa shape index (κ1) is 10.4. The third-order valence-corrected chi connectivity index (χ3v) is 1.86. The van der Waals surface area contributed by atoms with Crippen molar-refractivity contribution in [1.29, 1.82) is 0 Å². The van der Waals surface area contributed by atoms with E-state index < -0.39 is 11.7 Å². The van der Waals surface area contributed by atoms with Crippen LogP contribution in [0.5, 0.6) is 0 Å². The molecule has 1 amide bonds. The molecule has 3 nitrogen and oxygen atoms in total. The summed E-state index contributed by atoms with van der Waals surface area (Å²) in [6.07, 6.45) is 0.750. The molecule has 0 unspecified atom stereocenters. The number of benzene rings is 1. The van der Waals surface area contributed by atoms with Gasteiger partial charge in [0.2, 0.25) is 5.78 Å². The fraction of sp³-hybridized carbons (Fsp3) is 0.273. The minimum absolute atomic E-state index is 0.446. The van der Waals surface area contributed by atoms with Crippen molar-refractivity contribution >= 4 is 11.7 Å². The van der Waals surface area contributed by atoms with Crippen LogP contribution in [-0.4, -0.2) is 18.2 Å². The van der Waals surface area contributed by atoms with Gasteiger partial charge in [0.05, 0.1) is 0 Å². The van der Waals surface area contributed by atoms with Crippen molar-refractivity contribution in [3.05, 3.63) is 35.9 Å². The van der Waals surface area contributed by atoms with Crippen molar-refractivity contribution in [2.24, 2.45) is 0 Å². The van der Waals surface area contributed by atoms with Gasteiger partial charge in [0.15, 0.2) is 0 Å². The van der Waals surface area contributed by atoms with Crippen LogP contribution < -0.4 is 5.32 Å². The number of nitrogens with one attached hydrogen (secondary N) is 1. The molecule has 0 heterocycles. The molecular formula is C11H13NO2. The zero-order chi connectivity index (χ0) is 10.4. The van der Waals surface area contributed by atoms with E-state index in [-0.39, 0.29) is 0 Å². The SMILES string of the molecule is CC(=O)C(=O)NCCc1ccccc1. The quantitative estimate of drug-likeness (QED) is 0.720. The average molecular weight is 191 g/mol. The molecule has 0 aromatic heterocycles. The normalized spacial score (nSPS) is 9.50. The van der Waals surface area contributed by atoms with Crippen LogP contribution in [0.2, 0.25) is 0 Å². The molecule has 0 aliphatic rings. The molecule has 14 heavy (non-hydrogen) atoms. The molecule has 1 rings (SSSR count). The summed E-state index contributed by atoms with van der Waals surface area (Å²) in [4.78, 5) is 21.4. The Bertz CT molecular complexity index is 319. The van der Waals surface area contributed by atoms with Crippen molar-refractivity contribution in [2.75, 3.05) is 6.54 Å². The van der Waals surface area contributed by atoms with Gasteiger partial charge in [-0.25, -0.2) is 0 Å². The van der Waals surface area contributed by atoms with E-state index in [1.54, 1.807) is 0 Å². The van der Waals surface area contributed by atoms with Crippen molar-refractivity contribution < 1.29 is 9.59 Å². The van der Waals surface area contributed by atoms with Gasteiger partial charge in [-0.05, 0) is 12.0 Å². The molecule has 0 saturated carbocycles. The minimum atomic E-state index is -0.513. The lowest BCUT2D eigenvalue weighted by Gasteiger charge is -2.02. The second-order valence-corrected chi connectivity index (χ2v) is 3.05. The first-order valence-electron chi connectivity index (χ1n) is 4.53. The largest absolute Gasteiger partial charge is 0.349 e. The fourth-order valence-electron chi connectivity index (χ4n) is 1.09. The maximum Gasteiger partial charge on any atom is 0.287 e. The van der Waals surface area contributed by atoms with Crippen LogP contribution in [0.25, 0.3) is 0 Å². The highest BCUT2D eigenvalue weighted by Gasteiger charge is 2.04. The lowest BCUT2D eigenvalue weighted by molar-refractivity contribution is -0.136. The molecule has 1 N–H and O–H groups in total. The number of rotatable bonds is 4. The van der Waals surface area contributed by atoms with Crippen LogP contribution in [0, 0.1) is 0 Å². The van der Waals surface area contributed by atoms with E-state index in [9.17, 15) is 9.59 Å². The van der Waals surface area contributed by atoms with E-state index in [2.05, 4.69) is 5.32 Å². The Labute approximate surface area is 83.1 Å². The third kappa shape index (κ3) is 3.39. The molecule has 3 heteroatoms. The number of Topliss-reactive ketones (excluding diaryl/α,β-unsaturated/α-hetero) is 1. The lowest BCUT2D eigenvalue weighted by Crippen LogP contribution is -2.30. The molecule has 0 radical (unpaired) electrons. The maximum atomic E-state index is 10.9. The van der Waals surface area contributed by atoms with Gasteiger partial charge in [0, 0.05) is 13.5 Å². The molecule has 0 aliphatic carbocycles. The Morgan fingerprint density at radius 2 is 1.86 bits per heavy atom. The molecular weight excluding hydrogens is 178 g/mol. The van der Waals surface area contributed by atoms with Gasteiger partial charge in [0.25, 0.3) is 5.91 Å². The topological polar surface area (TPSA) is 46.2 Å². The van der Waals surface area contributed by atoms with Crippen LogP contribution in [0.15, 0.2) is 30.3 Å². The highest BCUT2D eigenvalue weighted by Crippen LogP contribution is 1.97. The zero-order valence-corrected chi connectivity index (χ0v) is 8.12. The number of ketones is 1. The number of amides is 1. The van der Waals surface area contributed by atoms with E-state index in [1.807, 2.05) is 30.3 Å². The summed E-state index contributed by atoms with van der Waals surface area (Å²) in [5, 5.41) is 2.54. The van der Waals surface area contributed by atoms with Crippen LogP contribution in [0.1, 0.15) is 12.5 Å². The summed E-state index contributed by atoms with van der Waals surface area (Å²) >= 11 is 0. The van der Waals surface area contributed by atoms with E-state index >= 15 is 0 Å². The van der Waals surface area contributed by atoms with Crippen molar-refractivity contribution in [3.8, 4) is 0 Å². The predicted octanol–water partition coefficient (Wildman–Crippen LogP) is 0.934. The summed E-state index contributed by atoms with van der Waals surface area (Å²) in [6, 6.07) is 9.81. The van der Waals surface area contributed by atoms with Gasteiger partial charge in [-0.3, -0.25) is 9.59 Å². The highest BCUT2D eigenvalue weighted by atomic mass is 16.2. The zero-order valence-electron chi connectivity index (χ0n) is 8.12. The van der Waals surface area contributed by atoms with Gasteiger partial charge >= 0.3 is 0 Å². The maximum absolute atomic E-state index is 10.9. The first-order valence-corrected chi connectivity index (χ1v) is 4.53. The molecule has 0 bridgehead atoms. The predicted molar refractivity (Wildman–Crippen MR) is 53.8 cm³/mol. The number of carbonyl (C=O) groups is 2. The van der Waals surface area contributed by atoms with Crippen molar-refractivity contribution in [2.45, 2.75) is 13.3 Å². The van der Waals surface area contributed by atoms with E-state index in [4.69, 9.17) is 0 Å². The average Bonchev–Trinajstić information content (AvgIpc) is 2.19. The Hall–Kier alpha value is -1.64. The first-order chi connectivity index (χ1) is 6.70. The minimum Gasteiger partial charge on any atom is -0.349 e. The molecule has 0 saturated heterocycles. The van der Waals surface area contributed by atoms with E-state index in [1.165, 1.54) is 6.92 Å². The molecule has 1 aromatic carbocycles. The Morgan fingerprint density at radius 1 is 1.21 bits per heavy atom. The molecule has 0 aliphatic heterocycles. The van der Waals surface area contributed by atoms with E-state index in [0.29, 0.717) is 6.54 Å². The molecule has 0 fully saturated rings. The second kappa shape index (κ2) is 5.17. The Kier molecular flexibility index (Phi) is 3.85. The van der Waals surface area contributed by atoms with Crippen LogP contribution in [0.3, 0.4) is 0 Å². The molecule has 0 atom stereocenters. The Morgan fingerprint density at radius 3 is 2.43 bits per heavy atom. The molecule has 1 aromatic rings. The summed E-state index contributed by atoms with van der Waals surface area (Å²) in [7, 11) is 0. The van der Waals surface area contributed by atoms with E-state index in [0.717, 1.165) is 12.0 Å². The third-order valence-electron chi connectivity index (χ3n) is 1.86. The number of hydrogen-bond acceptors (Lipinski definition) is 2. The smallest absolute Gasteiger partial charge is 0.287 e. The van der Waals surface area contributed by atoms with Crippen molar-refractivity contribution in [3.63, 3.8) is 0 Å². The Balaban J connectivity index is 2.29. The van der Waals surface area contributed by atoms with Gasteiger partial charge in [-0.1, -0.05) is 30.3 Å². The summed E-state index contributed by atoms with van der Waals surface area (Å²) in [5.41, 5.74) is 1.15. The van der Waals surface area contributed by atoms with Crippen LogP contribution >= 0.6 is 0 Å². The summed E-state index contributed by atoms with van der Waals surface area (Å²) < 4.78 is 0. The second-order valence-electron chi connectivity index (χ2n) is 3.05. The van der Waals surface area contributed by atoms with Crippen LogP contribution in [-0.2, 0) is 16.0 Å². The fourth-order valence-corrected chi connectivity index (χ4v) is 1.09. The number of hydrogen-bond donors (Lipinski definition) is 1. The lowest BCUT2D eigenvalue weighted by atomic mass is 10.1. The van der Waals surface area contributed by atoms with Crippen LogP contribution in [0.4, 0.5) is 0 Å². The van der Waals surface area contributed by atoms with Gasteiger partial charge < -0.3 is 5.32 Å². The number of carbonyl (C=O) groups excluding carboxylic acids is 2. The summed E-state index contributed by atoms with van der Waals surface area (Å²) in [5.74, 6) is -0.959. The van der Waals surface area contributed by atoms with Gasteiger partial charge in [-0.15, -0.1) is 0 Å². The van der Waals surface area contributed by atoms with Crippen molar-refractivity contribution in [1.82, 2.24) is 5.32 Å².